The second-order valence-corrected chi connectivity index (χ2v) is 5.13. The van der Waals surface area contributed by atoms with Gasteiger partial charge in [0.15, 0.2) is 0 Å². The molecule has 2 aromatic rings. The van der Waals surface area contributed by atoms with E-state index in [-0.39, 0.29) is 9.52 Å². The molecule has 0 saturated heterocycles. The van der Waals surface area contributed by atoms with Crippen LogP contribution in [-0.2, 0) is 0 Å². The van der Waals surface area contributed by atoms with E-state index < -0.39 is 0 Å². The van der Waals surface area contributed by atoms with Gasteiger partial charge in [-0.25, -0.2) is 0 Å². The number of benzene rings is 2. The summed E-state index contributed by atoms with van der Waals surface area (Å²) in [6.45, 7) is 0. The molecule has 0 fully saturated rings. The summed E-state index contributed by atoms with van der Waals surface area (Å²) in [4.78, 5) is 0. The van der Waals surface area contributed by atoms with Gasteiger partial charge in [-0.1, -0.05) is 60.7 Å². The highest BCUT2D eigenvalue weighted by Crippen LogP contribution is 1.84. The Hall–Kier alpha value is -1.34. The van der Waals surface area contributed by atoms with E-state index in [0.717, 1.165) is 0 Å². The molecule has 13 heavy (non-hydrogen) atoms. The highest BCUT2D eigenvalue weighted by molar-refractivity contribution is 6.67. The first kappa shape index (κ1) is 8.26. The number of hydrogen-bond acceptors (Lipinski definition) is 0. The molecule has 0 amide bonds. The molecule has 0 aromatic heterocycles. The first-order valence-corrected chi connectivity index (χ1v) is 5.94. The molecule has 0 aliphatic rings. The maximum absolute atomic E-state index is 2.22. The monoisotopic (exact) mass is 184 g/mol. The van der Waals surface area contributed by atoms with Gasteiger partial charge in [0.2, 0.25) is 0 Å². The average Bonchev–Trinajstić information content (AvgIpc) is 2.21. The third-order valence-corrected chi connectivity index (χ3v) is 3.85. The summed E-state index contributed by atoms with van der Waals surface area (Å²) in [7, 11) is -0.234. The van der Waals surface area contributed by atoms with Crippen molar-refractivity contribution in [1.29, 1.82) is 0 Å². The Kier molecular flexibility index (Phi) is 2.58. The molecule has 0 N–H and O–H groups in total. The van der Waals surface area contributed by atoms with E-state index >= 15 is 0 Å². The molecule has 2 aromatic carbocycles. The summed E-state index contributed by atoms with van der Waals surface area (Å²) >= 11 is 0. The Morgan fingerprint density at radius 3 is 1.31 bits per heavy atom. The SMILES string of the molecule is c1ccc([SiH2-]c2ccccc2)cc1. The van der Waals surface area contributed by atoms with Crippen LogP contribution in [0.15, 0.2) is 60.7 Å². The van der Waals surface area contributed by atoms with Crippen LogP contribution in [0.5, 0.6) is 0 Å². The van der Waals surface area contributed by atoms with Gasteiger partial charge in [0.25, 0.3) is 0 Å². The first-order valence-electron chi connectivity index (χ1n) is 4.53. The van der Waals surface area contributed by atoms with Crippen LogP contribution in [0.1, 0.15) is 0 Å². The van der Waals surface area contributed by atoms with Crippen molar-refractivity contribution in [2.45, 2.75) is 0 Å². The van der Waals surface area contributed by atoms with Crippen molar-refractivity contribution in [2.24, 2.45) is 0 Å². The summed E-state index contributed by atoms with van der Waals surface area (Å²) in [6.07, 6.45) is 0. The van der Waals surface area contributed by atoms with Gasteiger partial charge in [-0.15, -0.1) is 9.52 Å². The van der Waals surface area contributed by atoms with Crippen LogP contribution >= 0.6 is 0 Å². The molecule has 0 saturated carbocycles. The zero-order chi connectivity index (χ0) is 8.93. The van der Waals surface area contributed by atoms with Gasteiger partial charge in [0.1, 0.15) is 0 Å². The molecule has 0 aliphatic heterocycles. The second kappa shape index (κ2) is 4.05. The van der Waals surface area contributed by atoms with Crippen LogP contribution in [0.4, 0.5) is 0 Å². The molecule has 0 bridgehead atoms. The lowest BCUT2D eigenvalue weighted by molar-refractivity contribution is 1.75. The minimum Gasteiger partial charge on any atom is -0.186 e. The summed E-state index contributed by atoms with van der Waals surface area (Å²) in [5.41, 5.74) is 0. The van der Waals surface area contributed by atoms with Crippen molar-refractivity contribution in [2.75, 3.05) is 0 Å². The molecule has 0 atom stereocenters. The van der Waals surface area contributed by atoms with E-state index in [0.29, 0.717) is 0 Å². The topological polar surface area (TPSA) is 0 Å². The summed E-state index contributed by atoms with van der Waals surface area (Å²) in [6, 6.07) is 21.5. The van der Waals surface area contributed by atoms with E-state index in [1.54, 1.807) is 0 Å². The molecule has 0 heterocycles. The van der Waals surface area contributed by atoms with Gasteiger partial charge in [-0.2, -0.15) is 10.4 Å². The van der Waals surface area contributed by atoms with Crippen molar-refractivity contribution in [3.8, 4) is 0 Å². The van der Waals surface area contributed by atoms with Crippen molar-refractivity contribution in [3.05, 3.63) is 60.7 Å². The quantitative estimate of drug-likeness (QED) is 0.606. The molecule has 0 radical (unpaired) electrons. The summed E-state index contributed by atoms with van der Waals surface area (Å²) < 4.78 is 0. The molecule has 0 aliphatic carbocycles. The fourth-order valence-electron chi connectivity index (χ4n) is 1.43. The van der Waals surface area contributed by atoms with E-state index in [1.165, 1.54) is 10.4 Å². The second-order valence-electron chi connectivity index (χ2n) is 3.15. The maximum atomic E-state index is 2.22. The molecular formula is C12H12Si-. The van der Waals surface area contributed by atoms with Gasteiger partial charge in [-0.3, -0.25) is 0 Å². The number of rotatable bonds is 2. The Morgan fingerprint density at radius 1 is 0.538 bits per heavy atom. The van der Waals surface area contributed by atoms with E-state index in [9.17, 15) is 0 Å². The normalized spacial score (nSPS) is 9.85. The predicted molar refractivity (Wildman–Crippen MR) is 60.7 cm³/mol. The highest BCUT2D eigenvalue weighted by Gasteiger charge is 1.83. The largest absolute Gasteiger partial charge is 0.186 e. The van der Waals surface area contributed by atoms with Gasteiger partial charge >= 0.3 is 0 Å². The zero-order valence-electron chi connectivity index (χ0n) is 7.48. The molecule has 0 unspecified atom stereocenters. The molecule has 65 valence electrons. The number of hydrogen-bond donors (Lipinski definition) is 0. The summed E-state index contributed by atoms with van der Waals surface area (Å²) in [5, 5.41) is 3.02. The van der Waals surface area contributed by atoms with Crippen LogP contribution in [-0.4, -0.2) is 9.52 Å². The summed E-state index contributed by atoms with van der Waals surface area (Å²) in [5.74, 6) is 0. The van der Waals surface area contributed by atoms with Gasteiger partial charge < -0.3 is 0 Å². The van der Waals surface area contributed by atoms with Crippen LogP contribution in [0.2, 0.25) is 0 Å². The van der Waals surface area contributed by atoms with Gasteiger partial charge in [0, 0.05) is 0 Å². The standard InChI is InChI=1S/C12H12Si/c1-3-7-11(8-4-1)13-12-9-5-2-6-10-12/h1-10H,13H2/q-1. The van der Waals surface area contributed by atoms with Crippen LogP contribution in [0.3, 0.4) is 0 Å². The fourth-order valence-corrected chi connectivity index (χ4v) is 2.91. The zero-order valence-corrected chi connectivity index (χ0v) is 8.89. The molecule has 0 nitrogen and oxygen atoms in total. The van der Waals surface area contributed by atoms with Crippen LogP contribution < -0.4 is 10.4 Å². The van der Waals surface area contributed by atoms with Crippen molar-refractivity contribution in [1.82, 2.24) is 0 Å². The van der Waals surface area contributed by atoms with Gasteiger partial charge in [0.05, 0.1) is 0 Å². The Labute approximate surface area is 81.1 Å². The smallest absolute Gasteiger partial charge is 0.0625 e. The Morgan fingerprint density at radius 2 is 0.923 bits per heavy atom. The van der Waals surface area contributed by atoms with Gasteiger partial charge in [-0.05, 0) is 0 Å². The Balaban J connectivity index is 2.16. The van der Waals surface area contributed by atoms with E-state index in [1.807, 2.05) is 0 Å². The van der Waals surface area contributed by atoms with E-state index in [2.05, 4.69) is 60.7 Å². The van der Waals surface area contributed by atoms with Crippen LogP contribution in [0.25, 0.3) is 0 Å². The lowest BCUT2D eigenvalue weighted by Crippen LogP contribution is -2.26. The fraction of sp³-hybridized carbons (Fsp3) is 0. The van der Waals surface area contributed by atoms with Crippen molar-refractivity contribution < 1.29 is 0 Å². The first-order chi connectivity index (χ1) is 6.45. The highest BCUT2D eigenvalue weighted by atomic mass is 28.2. The van der Waals surface area contributed by atoms with Crippen molar-refractivity contribution in [3.63, 3.8) is 0 Å². The average molecular weight is 184 g/mol. The maximum Gasteiger partial charge on any atom is -0.0625 e. The molecule has 0 spiro atoms. The minimum absolute atomic E-state index is 0.234. The van der Waals surface area contributed by atoms with E-state index in [4.69, 9.17) is 0 Å². The lowest BCUT2D eigenvalue weighted by atomic mass is 10.4. The molecular weight excluding hydrogens is 172 g/mol. The minimum atomic E-state index is -0.234. The third kappa shape index (κ3) is 2.29. The van der Waals surface area contributed by atoms with Crippen molar-refractivity contribution >= 4 is 19.9 Å². The lowest BCUT2D eigenvalue weighted by Gasteiger charge is -2.09. The van der Waals surface area contributed by atoms with Crippen LogP contribution in [0, 0.1) is 0 Å². The molecule has 2 rings (SSSR count). The molecule has 1 heteroatoms. The predicted octanol–water partition coefficient (Wildman–Crippen LogP) is 0.806. The Bertz CT molecular complexity index is 316. The third-order valence-electron chi connectivity index (χ3n) is 2.09.